The van der Waals surface area contributed by atoms with Crippen LogP contribution < -0.4 is 10.2 Å². The van der Waals surface area contributed by atoms with E-state index in [2.05, 4.69) is 47.2 Å². The van der Waals surface area contributed by atoms with Crippen molar-refractivity contribution in [2.75, 3.05) is 4.90 Å². The van der Waals surface area contributed by atoms with Crippen LogP contribution in [0, 0.1) is 24.0 Å². The second-order valence-electron chi connectivity index (χ2n) is 8.27. The SMILES string of the molecule is Cc1ccc(N2C(=S)N[C@@H](c3ccccn3)[C@@H]2c2ccc(-c3ccc([N+](=O)[O-])cc3)o2)cc1C. The fraction of sp³-hybridized carbons (Fsp3) is 0.154. The Morgan fingerprint density at radius 2 is 1.82 bits per heavy atom. The monoisotopic (exact) mass is 470 g/mol. The Bertz CT molecular complexity index is 1370. The van der Waals surface area contributed by atoms with Gasteiger partial charge in [-0.2, -0.15) is 0 Å². The summed E-state index contributed by atoms with van der Waals surface area (Å²) in [5.41, 5.74) is 5.01. The van der Waals surface area contributed by atoms with Gasteiger partial charge in [-0.3, -0.25) is 15.1 Å². The Hall–Kier alpha value is -4.04. The lowest BCUT2D eigenvalue weighted by Gasteiger charge is -2.26. The van der Waals surface area contributed by atoms with E-state index in [9.17, 15) is 10.1 Å². The molecule has 2 aromatic carbocycles. The molecule has 0 saturated carbocycles. The highest BCUT2D eigenvalue weighted by atomic mass is 32.1. The number of nitrogens with one attached hydrogen (secondary N) is 1. The minimum atomic E-state index is -0.415. The second-order valence-corrected chi connectivity index (χ2v) is 8.66. The Morgan fingerprint density at radius 1 is 1.03 bits per heavy atom. The summed E-state index contributed by atoms with van der Waals surface area (Å²) < 4.78 is 6.32. The molecule has 1 N–H and O–H groups in total. The van der Waals surface area contributed by atoms with E-state index < -0.39 is 4.92 Å². The van der Waals surface area contributed by atoms with Crippen LogP contribution >= 0.6 is 12.2 Å². The van der Waals surface area contributed by atoms with E-state index >= 15 is 0 Å². The number of nitrogens with zero attached hydrogens (tertiary/aromatic N) is 3. The average molecular weight is 471 g/mol. The van der Waals surface area contributed by atoms with E-state index in [1.165, 1.54) is 23.3 Å². The summed E-state index contributed by atoms with van der Waals surface area (Å²) in [6.45, 7) is 4.16. The summed E-state index contributed by atoms with van der Waals surface area (Å²) >= 11 is 5.77. The molecular formula is C26H22N4O3S. The zero-order valence-electron chi connectivity index (χ0n) is 18.6. The third-order valence-corrected chi connectivity index (χ3v) is 6.46. The Kier molecular flexibility index (Phi) is 5.59. The van der Waals surface area contributed by atoms with Gasteiger partial charge in [0.25, 0.3) is 5.69 Å². The van der Waals surface area contributed by atoms with Crippen LogP contribution in [0.5, 0.6) is 0 Å². The highest BCUT2D eigenvalue weighted by molar-refractivity contribution is 7.80. The van der Waals surface area contributed by atoms with Crippen LogP contribution in [0.15, 0.2) is 83.4 Å². The largest absolute Gasteiger partial charge is 0.459 e. The summed E-state index contributed by atoms with van der Waals surface area (Å²) in [6.07, 6.45) is 1.76. The van der Waals surface area contributed by atoms with Crippen LogP contribution in [0.3, 0.4) is 0 Å². The van der Waals surface area contributed by atoms with Crippen molar-refractivity contribution in [2.45, 2.75) is 25.9 Å². The minimum Gasteiger partial charge on any atom is -0.459 e. The number of nitro benzene ring substituents is 1. The number of thiocarbonyl (C=S) groups is 1. The van der Waals surface area contributed by atoms with Gasteiger partial charge in [-0.1, -0.05) is 12.1 Å². The third kappa shape index (κ3) is 3.92. The van der Waals surface area contributed by atoms with Crippen LogP contribution in [0.25, 0.3) is 11.3 Å². The lowest BCUT2D eigenvalue weighted by Crippen LogP contribution is -2.29. The van der Waals surface area contributed by atoms with Gasteiger partial charge in [-0.25, -0.2) is 0 Å². The fourth-order valence-corrected chi connectivity index (χ4v) is 4.56. The highest BCUT2D eigenvalue weighted by Crippen LogP contribution is 2.43. The lowest BCUT2D eigenvalue weighted by atomic mass is 10.0. The molecule has 0 radical (unpaired) electrons. The van der Waals surface area contributed by atoms with Crippen molar-refractivity contribution in [3.63, 3.8) is 0 Å². The van der Waals surface area contributed by atoms with Crippen LogP contribution in [-0.2, 0) is 0 Å². The molecular weight excluding hydrogens is 448 g/mol. The van der Waals surface area contributed by atoms with Gasteiger partial charge >= 0.3 is 0 Å². The molecule has 0 aliphatic carbocycles. The molecule has 170 valence electrons. The van der Waals surface area contributed by atoms with Crippen molar-refractivity contribution in [1.82, 2.24) is 10.3 Å². The van der Waals surface area contributed by atoms with Gasteiger partial charge in [0.1, 0.15) is 17.6 Å². The van der Waals surface area contributed by atoms with Crippen LogP contribution in [0.1, 0.15) is 34.7 Å². The summed E-state index contributed by atoms with van der Waals surface area (Å²) in [5, 5.41) is 15.0. The Balaban J connectivity index is 1.57. The molecule has 2 aromatic heterocycles. The molecule has 0 spiro atoms. The average Bonchev–Trinajstić information content (AvgIpc) is 3.46. The number of nitro groups is 1. The standard InChI is InChI=1S/C26H22N4O3S/c1-16-6-9-20(15-17(16)2)29-25(24(28-26(29)34)21-5-3-4-14-27-21)23-13-12-22(33-23)18-7-10-19(11-8-18)30(31)32/h3-15,24-25H,1-2H3,(H,28,34)/t24-,25-/m0/s1. The molecule has 1 saturated heterocycles. The van der Waals surface area contributed by atoms with Crippen molar-refractivity contribution in [2.24, 2.45) is 0 Å². The molecule has 34 heavy (non-hydrogen) atoms. The molecule has 4 aromatic rings. The number of hydrogen-bond donors (Lipinski definition) is 1. The molecule has 1 aliphatic rings. The maximum Gasteiger partial charge on any atom is 0.269 e. The Labute approximate surface area is 202 Å². The van der Waals surface area contributed by atoms with E-state index in [0.717, 1.165) is 22.7 Å². The van der Waals surface area contributed by atoms with E-state index in [4.69, 9.17) is 16.6 Å². The molecule has 1 fully saturated rings. The zero-order valence-corrected chi connectivity index (χ0v) is 19.5. The zero-order chi connectivity index (χ0) is 23.8. The van der Waals surface area contributed by atoms with E-state index in [1.54, 1.807) is 18.3 Å². The van der Waals surface area contributed by atoms with Crippen LogP contribution in [-0.4, -0.2) is 15.0 Å². The number of furan rings is 1. The number of aromatic nitrogens is 1. The van der Waals surface area contributed by atoms with Gasteiger partial charge in [0.2, 0.25) is 0 Å². The maximum absolute atomic E-state index is 11.0. The predicted molar refractivity (Wildman–Crippen MR) is 135 cm³/mol. The molecule has 0 bridgehead atoms. The number of rotatable bonds is 5. The smallest absolute Gasteiger partial charge is 0.269 e. The first-order valence-electron chi connectivity index (χ1n) is 10.8. The molecule has 8 heteroatoms. The van der Waals surface area contributed by atoms with E-state index in [-0.39, 0.29) is 17.8 Å². The number of pyridine rings is 1. The van der Waals surface area contributed by atoms with Crippen molar-refractivity contribution < 1.29 is 9.34 Å². The summed E-state index contributed by atoms with van der Waals surface area (Å²) in [5.74, 6) is 1.34. The van der Waals surface area contributed by atoms with Gasteiger partial charge in [0.05, 0.1) is 16.7 Å². The molecule has 5 rings (SSSR count). The van der Waals surface area contributed by atoms with Crippen molar-refractivity contribution in [3.8, 4) is 11.3 Å². The molecule has 7 nitrogen and oxygen atoms in total. The van der Waals surface area contributed by atoms with Gasteiger partial charge in [-0.05, 0) is 85.7 Å². The first-order chi connectivity index (χ1) is 16.4. The quantitative estimate of drug-likeness (QED) is 0.216. The van der Waals surface area contributed by atoms with Crippen molar-refractivity contribution in [3.05, 3.63) is 112 Å². The fourth-order valence-electron chi connectivity index (χ4n) is 4.21. The third-order valence-electron chi connectivity index (χ3n) is 6.15. The minimum absolute atomic E-state index is 0.0389. The molecule has 0 unspecified atom stereocenters. The van der Waals surface area contributed by atoms with Crippen LogP contribution in [0.4, 0.5) is 11.4 Å². The van der Waals surface area contributed by atoms with E-state index in [0.29, 0.717) is 10.9 Å². The second kappa shape index (κ2) is 8.72. The lowest BCUT2D eigenvalue weighted by molar-refractivity contribution is -0.384. The van der Waals surface area contributed by atoms with Gasteiger partial charge < -0.3 is 14.6 Å². The normalized spacial score (nSPS) is 17.6. The van der Waals surface area contributed by atoms with Crippen molar-refractivity contribution >= 4 is 28.7 Å². The first kappa shape index (κ1) is 21.8. The number of anilines is 1. The number of hydrogen-bond acceptors (Lipinski definition) is 5. The van der Waals surface area contributed by atoms with Crippen LogP contribution in [0.2, 0.25) is 0 Å². The molecule has 0 amide bonds. The topological polar surface area (TPSA) is 84.4 Å². The summed E-state index contributed by atoms with van der Waals surface area (Å²) in [4.78, 5) is 17.2. The number of aryl methyl sites for hydroxylation is 2. The highest BCUT2D eigenvalue weighted by Gasteiger charge is 2.42. The maximum atomic E-state index is 11.0. The van der Waals surface area contributed by atoms with Gasteiger partial charge in [-0.15, -0.1) is 0 Å². The Morgan fingerprint density at radius 3 is 2.50 bits per heavy atom. The summed E-state index contributed by atoms with van der Waals surface area (Å²) in [6, 6.07) is 21.7. The van der Waals surface area contributed by atoms with Crippen molar-refractivity contribution in [1.29, 1.82) is 0 Å². The summed E-state index contributed by atoms with van der Waals surface area (Å²) in [7, 11) is 0. The number of benzene rings is 2. The molecule has 2 atom stereocenters. The number of non-ortho nitro benzene ring substituents is 1. The predicted octanol–water partition coefficient (Wildman–Crippen LogP) is 6.04. The van der Waals surface area contributed by atoms with E-state index in [1.807, 2.05) is 30.3 Å². The van der Waals surface area contributed by atoms with Gasteiger partial charge in [0.15, 0.2) is 5.11 Å². The molecule has 1 aliphatic heterocycles. The van der Waals surface area contributed by atoms with Gasteiger partial charge in [0, 0.05) is 29.6 Å². The molecule has 3 heterocycles. The first-order valence-corrected chi connectivity index (χ1v) is 11.3.